The van der Waals surface area contributed by atoms with Crippen LogP contribution in [0.25, 0.3) is 32.7 Å². The van der Waals surface area contributed by atoms with E-state index in [2.05, 4.69) is 199 Å². The Kier molecular flexibility index (Phi) is 14.8. The average molecular weight is 651 g/mol. The lowest BCUT2D eigenvalue weighted by Crippen LogP contribution is -1.78. The Bertz CT molecular complexity index is 1950. The van der Waals surface area contributed by atoms with Crippen molar-refractivity contribution in [2.24, 2.45) is 0 Å². The molecule has 0 fully saturated rings. The number of benzene rings is 8. The maximum atomic E-state index is 2.17. The van der Waals surface area contributed by atoms with E-state index in [4.69, 9.17) is 0 Å². The molecule has 8 aromatic carbocycles. The second-order valence-corrected chi connectivity index (χ2v) is 12.6. The monoisotopic (exact) mass is 650 g/mol. The second kappa shape index (κ2) is 19.9. The van der Waals surface area contributed by atoms with Crippen LogP contribution >= 0.6 is 0 Å². The maximum absolute atomic E-state index is 2.17. The molecule has 0 N–H and O–H groups in total. The largest absolute Gasteiger partial charge is 0.0622 e. The van der Waals surface area contributed by atoms with Crippen LogP contribution in [0.2, 0.25) is 0 Å². The van der Waals surface area contributed by atoms with Crippen LogP contribution in [0.15, 0.2) is 194 Å². The van der Waals surface area contributed by atoms with Gasteiger partial charge in [0.1, 0.15) is 0 Å². The topological polar surface area (TPSA) is 0 Å². The summed E-state index contributed by atoms with van der Waals surface area (Å²) in [5, 5.41) is 5.37. The fraction of sp³-hybridized carbons (Fsp3) is 0.120. The van der Waals surface area contributed by atoms with Gasteiger partial charge >= 0.3 is 0 Å². The van der Waals surface area contributed by atoms with Crippen LogP contribution in [0.5, 0.6) is 0 Å². The standard InChI is InChI=1S/C14H14.2C11H10.2C7H8/c1-11-3-7-13(8-4-11)14-9-5-12(2)6-10-14;2*1-9-5-4-7-10-6-2-3-8-11(9)10;2*1-7-5-3-2-4-6-7/h3-10H,1-2H3;2*2-8H,1H3;2*2-6H,1H3. The van der Waals surface area contributed by atoms with Crippen LogP contribution in [0.3, 0.4) is 0 Å². The molecule has 0 heterocycles. The summed E-state index contributed by atoms with van der Waals surface area (Å²) in [4.78, 5) is 0. The lowest BCUT2D eigenvalue weighted by Gasteiger charge is -2.02. The Balaban J connectivity index is 0.000000144. The smallest absolute Gasteiger partial charge is 0.0155 e. The molecule has 0 saturated carbocycles. The van der Waals surface area contributed by atoms with Crippen LogP contribution in [0, 0.1) is 41.5 Å². The molecule has 0 heteroatoms. The van der Waals surface area contributed by atoms with Crippen molar-refractivity contribution in [2.75, 3.05) is 0 Å². The van der Waals surface area contributed by atoms with Crippen molar-refractivity contribution in [3.63, 3.8) is 0 Å². The van der Waals surface area contributed by atoms with Crippen molar-refractivity contribution >= 4 is 21.5 Å². The third-order valence-electron chi connectivity index (χ3n) is 8.33. The predicted molar refractivity (Wildman–Crippen MR) is 221 cm³/mol. The highest BCUT2D eigenvalue weighted by molar-refractivity contribution is 5.86. The van der Waals surface area contributed by atoms with Gasteiger partial charge in [0.05, 0.1) is 0 Å². The summed E-state index contributed by atoms with van der Waals surface area (Å²) >= 11 is 0. The number of hydrogen-bond acceptors (Lipinski definition) is 0. The average Bonchev–Trinajstić information content (AvgIpc) is 3.15. The molecule has 0 saturated heterocycles. The summed E-state index contributed by atoms with van der Waals surface area (Å²) in [6.45, 7) is 12.7. The lowest BCUT2D eigenvalue weighted by molar-refractivity contribution is 1.45. The van der Waals surface area contributed by atoms with Crippen molar-refractivity contribution in [1.82, 2.24) is 0 Å². The Morgan fingerprint density at radius 2 is 0.500 bits per heavy atom. The number of aryl methyl sites for hydroxylation is 6. The SMILES string of the molecule is Cc1ccc(-c2ccc(C)cc2)cc1.Cc1cccc2ccccc12.Cc1cccc2ccccc12.Cc1ccccc1.Cc1ccccc1. The zero-order chi connectivity index (χ0) is 35.6. The van der Waals surface area contributed by atoms with E-state index in [0.29, 0.717) is 0 Å². The highest BCUT2D eigenvalue weighted by atomic mass is 14.0. The molecule has 0 radical (unpaired) electrons. The van der Waals surface area contributed by atoms with Gasteiger partial charge in [-0.2, -0.15) is 0 Å². The van der Waals surface area contributed by atoms with Gasteiger partial charge in [-0.1, -0.05) is 216 Å². The van der Waals surface area contributed by atoms with Crippen molar-refractivity contribution in [3.8, 4) is 11.1 Å². The summed E-state index contributed by atoms with van der Waals surface area (Å²) in [7, 11) is 0. The summed E-state index contributed by atoms with van der Waals surface area (Å²) in [6, 6.07) is 67.4. The van der Waals surface area contributed by atoms with Crippen molar-refractivity contribution in [3.05, 3.63) is 228 Å². The zero-order valence-corrected chi connectivity index (χ0v) is 30.5. The first-order chi connectivity index (χ1) is 24.3. The van der Waals surface area contributed by atoms with Crippen LogP contribution in [-0.2, 0) is 0 Å². The van der Waals surface area contributed by atoms with E-state index in [-0.39, 0.29) is 0 Å². The minimum absolute atomic E-state index is 1.29. The summed E-state index contributed by atoms with van der Waals surface area (Å²) in [5.74, 6) is 0. The first-order valence-corrected chi connectivity index (χ1v) is 17.4. The number of fused-ring (bicyclic) bond motifs is 2. The molecular weight excluding hydrogens is 601 g/mol. The van der Waals surface area contributed by atoms with E-state index in [0.717, 1.165) is 0 Å². The van der Waals surface area contributed by atoms with Gasteiger partial charge in [0.2, 0.25) is 0 Å². The number of rotatable bonds is 1. The molecule has 0 spiro atoms. The maximum Gasteiger partial charge on any atom is -0.0155 e. The van der Waals surface area contributed by atoms with Crippen LogP contribution in [0.4, 0.5) is 0 Å². The van der Waals surface area contributed by atoms with E-state index in [1.807, 2.05) is 36.4 Å². The Hall–Kier alpha value is -5.72. The second-order valence-electron chi connectivity index (χ2n) is 12.6. The molecule has 0 unspecified atom stereocenters. The van der Waals surface area contributed by atoms with Gasteiger partial charge in [-0.15, -0.1) is 0 Å². The van der Waals surface area contributed by atoms with Gasteiger partial charge < -0.3 is 0 Å². The third-order valence-corrected chi connectivity index (χ3v) is 8.33. The van der Waals surface area contributed by atoms with Crippen molar-refractivity contribution < 1.29 is 0 Å². The summed E-state index contributed by atoms with van der Waals surface area (Å²) < 4.78 is 0. The number of hydrogen-bond donors (Lipinski definition) is 0. The molecule has 0 atom stereocenters. The van der Waals surface area contributed by atoms with Crippen LogP contribution in [-0.4, -0.2) is 0 Å². The first-order valence-electron chi connectivity index (χ1n) is 17.4. The third kappa shape index (κ3) is 12.4. The summed E-state index contributed by atoms with van der Waals surface area (Å²) in [5.41, 5.74) is 10.5. The molecule has 0 nitrogen and oxygen atoms in total. The molecule has 0 aliphatic rings. The van der Waals surface area contributed by atoms with Crippen molar-refractivity contribution in [1.29, 1.82) is 0 Å². The predicted octanol–water partition coefficient (Wildman–Crippen LogP) is 14.3. The molecular formula is C50H50. The van der Waals surface area contributed by atoms with Crippen LogP contribution in [0.1, 0.15) is 33.4 Å². The Labute approximate surface area is 300 Å². The Morgan fingerprint density at radius 3 is 0.800 bits per heavy atom. The summed E-state index contributed by atoms with van der Waals surface area (Å²) in [6.07, 6.45) is 0. The molecule has 0 aliphatic heterocycles. The minimum atomic E-state index is 1.29. The first kappa shape index (κ1) is 37.1. The molecule has 8 aromatic rings. The van der Waals surface area contributed by atoms with E-state index in [1.165, 1.54) is 66.1 Å². The fourth-order valence-corrected chi connectivity index (χ4v) is 5.34. The molecule has 0 bridgehead atoms. The zero-order valence-electron chi connectivity index (χ0n) is 30.5. The quantitative estimate of drug-likeness (QED) is 0.166. The van der Waals surface area contributed by atoms with Gasteiger partial charge in [0, 0.05) is 0 Å². The van der Waals surface area contributed by atoms with Gasteiger partial charge in [0.15, 0.2) is 0 Å². The minimum Gasteiger partial charge on any atom is -0.0622 e. The normalized spacial score (nSPS) is 9.80. The highest BCUT2D eigenvalue weighted by Crippen LogP contribution is 2.20. The lowest BCUT2D eigenvalue weighted by atomic mass is 10.0. The molecule has 8 rings (SSSR count). The van der Waals surface area contributed by atoms with E-state index in [9.17, 15) is 0 Å². The van der Waals surface area contributed by atoms with Gasteiger partial charge in [0.25, 0.3) is 0 Å². The molecule has 250 valence electrons. The Morgan fingerprint density at radius 1 is 0.220 bits per heavy atom. The molecule has 0 aliphatic carbocycles. The van der Waals surface area contributed by atoms with Crippen LogP contribution < -0.4 is 0 Å². The van der Waals surface area contributed by atoms with Gasteiger partial charge in [-0.25, -0.2) is 0 Å². The van der Waals surface area contributed by atoms with Crippen molar-refractivity contribution in [2.45, 2.75) is 41.5 Å². The molecule has 50 heavy (non-hydrogen) atoms. The van der Waals surface area contributed by atoms with E-state index >= 15 is 0 Å². The fourth-order valence-electron chi connectivity index (χ4n) is 5.34. The van der Waals surface area contributed by atoms with E-state index in [1.54, 1.807) is 0 Å². The van der Waals surface area contributed by atoms with Gasteiger partial charge in [-0.3, -0.25) is 0 Å². The highest BCUT2D eigenvalue weighted by Gasteiger charge is 1.96. The van der Waals surface area contributed by atoms with Gasteiger partial charge in [-0.05, 0) is 85.3 Å². The molecule has 0 aromatic heterocycles. The van der Waals surface area contributed by atoms with E-state index < -0.39 is 0 Å². The molecule has 0 amide bonds.